The molecule has 0 radical (unpaired) electrons. The van der Waals surface area contributed by atoms with E-state index in [1.807, 2.05) is 12.1 Å². The minimum Gasteiger partial charge on any atom is -0.392 e. The molecule has 1 aliphatic rings. The van der Waals surface area contributed by atoms with Crippen LogP contribution in [0.3, 0.4) is 0 Å². The fraction of sp³-hybridized carbons (Fsp3) is 0.500. The highest BCUT2D eigenvalue weighted by molar-refractivity contribution is 5.44. The second-order valence-electron chi connectivity index (χ2n) is 3.44. The molecule has 0 atom stereocenters. The Morgan fingerprint density at radius 1 is 1.64 bits per heavy atom. The predicted molar refractivity (Wildman–Crippen MR) is 53.2 cm³/mol. The fourth-order valence-corrected chi connectivity index (χ4v) is 1.51. The number of ether oxygens (including phenoxy) is 1. The van der Waals surface area contributed by atoms with E-state index >= 15 is 0 Å². The van der Waals surface area contributed by atoms with Gasteiger partial charge < -0.3 is 14.7 Å². The van der Waals surface area contributed by atoms with Crippen molar-refractivity contribution in [3.05, 3.63) is 23.9 Å². The van der Waals surface area contributed by atoms with Crippen LogP contribution in [0.1, 0.15) is 5.56 Å². The van der Waals surface area contributed by atoms with E-state index in [4.69, 9.17) is 9.84 Å². The van der Waals surface area contributed by atoms with E-state index in [1.54, 1.807) is 13.3 Å². The van der Waals surface area contributed by atoms with Crippen molar-refractivity contribution in [2.45, 2.75) is 12.7 Å². The summed E-state index contributed by atoms with van der Waals surface area (Å²) >= 11 is 0. The van der Waals surface area contributed by atoms with E-state index in [2.05, 4.69) is 9.88 Å². The molecule has 0 unspecified atom stereocenters. The smallest absolute Gasteiger partial charge is 0.129 e. The Morgan fingerprint density at radius 3 is 3.07 bits per heavy atom. The lowest BCUT2D eigenvalue weighted by Gasteiger charge is -2.39. The number of hydrogen-bond acceptors (Lipinski definition) is 4. The van der Waals surface area contributed by atoms with E-state index in [0.717, 1.165) is 24.5 Å². The zero-order valence-corrected chi connectivity index (χ0v) is 8.18. The lowest BCUT2D eigenvalue weighted by atomic mass is 10.1. The Hall–Kier alpha value is -1.13. The van der Waals surface area contributed by atoms with E-state index in [9.17, 15) is 0 Å². The predicted octanol–water partition coefficient (Wildman–Crippen LogP) is 0.409. The molecule has 2 rings (SSSR count). The molecule has 0 spiro atoms. The summed E-state index contributed by atoms with van der Waals surface area (Å²) in [5.74, 6) is 0.921. The highest BCUT2D eigenvalue weighted by Gasteiger charge is 2.27. The number of anilines is 1. The van der Waals surface area contributed by atoms with Crippen molar-refractivity contribution in [3.8, 4) is 0 Å². The van der Waals surface area contributed by atoms with Crippen LogP contribution < -0.4 is 4.90 Å². The first kappa shape index (κ1) is 9.43. The summed E-state index contributed by atoms with van der Waals surface area (Å²) in [5.41, 5.74) is 0.899. The van der Waals surface area contributed by atoms with Gasteiger partial charge >= 0.3 is 0 Å². The molecular weight excluding hydrogens is 180 g/mol. The van der Waals surface area contributed by atoms with E-state index < -0.39 is 0 Å². The third kappa shape index (κ3) is 1.71. The number of methoxy groups -OCH3 is 1. The zero-order valence-electron chi connectivity index (χ0n) is 8.18. The molecule has 1 saturated heterocycles. The molecule has 76 valence electrons. The number of aliphatic hydroxyl groups excluding tert-OH is 1. The second-order valence-corrected chi connectivity index (χ2v) is 3.44. The van der Waals surface area contributed by atoms with Gasteiger partial charge in [0.15, 0.2) is 0 Å². The van der Waals surface area contributed by atoms with E-state index in [-0.39, 0.29) is 6.61 Å². The average Bonchev–Trinajstić information content (AvgIpc) is 2.17. The fourth-order valence-electron chi connectivity index (χ4n) is 1.51. The van der Waals surface area contributed by atoms with Crippen LogP contribution >= 0.6 is 0 Å². The maximum Gasteiger partial charge on any atom is 0.129 e. The van der Waals surface area contributed by atoms with Crippen molar-refractivity contribution in [1.82, 2.24) is 4.98 Å². The summed E-state index contributed by atoms with van der Waals surface area (Å²) in [7, 11) is 1.72. The SMILES string of the molecule is COC1CN(c2cc(CO)ccn2)C1. The molecular formula is C10H14N2O2. The topological polar surface area (TPSA) is 45.6 Å². The van der Waals surface area contributed by atoms with Gasteiger partial charge in [0.1, 0.15) is 5.82 Å². The maximum atomic E-state index is 8.96. The summed E-state index contributed by atoms with van der Waals surface area (Å²) in [6.07, 6.45) is 2.05. The first-order chi connectivity index (χ1) is 6.83. The van der Waals surface area contributed by atoms with Gasteiger partial charge in [0.2, 0.25) is 0 Å². The summed E-state index contributed by atoms with van der Waals surface area (Å²) in [4.78, 5) is 6.37. The van der Waals surface area contributed by atoms with Crippen molar-refractivity contribution >= 4 is 5.82 Å². The van der Waals surface area contributed by atoms with E-state index in [1.165, 1.54) is 0 Å². The molecule has 2 heterocycles. The zero-order chi connectivity index (χ0) is 9.97. The third-order valence-electron chi connectivity index (χ3n) is 2.50. The molecule has 4 heteroatoms. The quantitative estimate of drug-likeness (QED) is 0.757. The molecule has 0 aliphatic carbocycles. The van der Waals surface area contributed by atoms with Crippen LogP contribution in [0.2, 0.25) is 0 Å². The number of aromatic nitrogens is 1. The molecule has 1 N–H and O–H groups in total. The van der Waals surface area contributed by atoms with Gasteiger partial charge in [0.05, 0.1) is 12.7 Å². The standard InChI is InChI=1S/C10H14N2O2/c1-14-9-5-12(6-9)10-4-8(7-13)2-3-11-10/h2-4,9,13H,5-7H2,1H3. The number of pyridine rings is 1. The largest absolute Gasteiger partial charge is 0.392 e. The Balaban J connectivity index is 2.03. The Labute approximate surface area is 83.1 Å². The molecule has 14 heavy (non-hydrogen) atoms. The van der Waals surface area contributed by atoms with Crippen LogP contribution in [0, 0.1) is 0 Å². The molecule has 0 bridgehead atoms. The third-order valence-corrected chi connectivity index (χ3v) is 2.50. The van der Waals surface area contributed by atoms with Crippen molar-refractivity contribution in [2.24, 2.45) is 0 Å². The van der Waals surface area contributed by atoms with Crippen LogP contribution in [-0.4, -0.2) is 36.4 Å². The van der Waals surface area contributed by atoms with Crippen LogP contribution in [0.15, 0.2) is 18.3 Å². The van der Waals surface area contributed by atoms with Gasteiger partial charge in [-0.05, 0) is 17.7 Å². The molecule has 0 aromatic carbocycles. The van der Waals surface area contributed by atoms with Gasteiger partial charge in [-0.2, -0.15) is 0 Å². The van der Waals surface area contributed by atoms with Crippen LogP contribution in [-0.2, 0) is 11.3 Å². The number of aliphatic hydroxyl groups is 1. The van der Waals surface area contributed by atoms with Crippen molar-refractivity contribution in [2.75, 3.05) is 25.1 Å². The number of rotatable bonds is 3. The van der Waals surface area contributed by atoms with Crippen LogP contribution in [0.4, 0.5) is 5.82 Å². The van der Waals surface area contributed by atoms with Crippen molar-refractivity contribution in [3.63, 3.8) is 0 Å². The van der Waals surface area contributed by atoms with Gasteiger partial charge in [-0.1, -0.05) is 0 Å². The lowest BCUT2D eigenvalue weighted by Crippen LogP contribution is -2.52. The Morgan fingerprint density at radius 2 is 2.43 bits per heavy atom. The first-order valence-electron chi connectivity index (χ1n) is 4.67. The molecule has 1 aliphatic heterocycles. The van der Waals surface area contributed by atoms with Gasteiger partial charge in [-0.25, -0.2) is 4.98 Å². The van der Waals surface area contributed by atoms with Gasteiger partial charge in [-0.3, -0.25) is 0 Å². The summed E-state index contributed by atoms with van der Waals surface area (Å²) < 4.78 is 5.18. The lowest BCUT2D eigenvalue weighted by molar-refractivity contribution is 0.0783. The first-order valence-corrected chi connectivity index (χ1v) is 4.67. The number of nitrogens with zero attached hydrogens (tertiary/aromatic N) is 2. The Bertz CT molecular complexity index is 311. The second kappa shape index (κ2) is 3.94. The molecule has 1 aromatic heterocycles. The number of hydrogen-bond donors (Lipinski definition) is 1. The van der Waals surface area contributed by atoms with E-state index in [0.29, 0.717) is 6.10 Å². The minimum absolute atomic E-state index is 0.0665. The highest BCUT2D eigenvalue weighted by Crippen LogP contribution is 2.20. The van der Waals surface area contributed by atoms with Crippen LogP contribution in [0.5, 0.6) is 0 Å². The normalized spacial score (nSPS) is 16.9. The summed E-state index contributed by atoms with van der Waals surface area (Å²) in [5, 5.41) is 8.96. The molecule has 1 aromatic rings. The molecule has 0 amide bonds. The summed E-state index contributed by atoms with van der Waals surface area (Å²) in [6.45, 7) is 1.84. The van der Waals surface area contributed by atoms with Crippen LogP contribution in [0.25, 0.3) is 0 Å². The molecule has 4 nitrogen and oxygen atoms in total. The van der Waals surface area contributed by atoms with Gasteiger partial charge in [-0.15, -0.1) is 0 Å². The van der Waals surface area contributed by atoms with Crippen molar-refractivity contribution in [1.29, 1.82) is 0 Å². The average molecular weight is 194 g/mol. The molecule has 1 fully saturated rings. The monoisotopic (exact) mass is 194 g/mol. The minimum atomic E-state index is 0.0665. The van der Waals surface area contributed by atoms with Crippen molar-refractivity contribution < 1.29 is 9.84 Å². The van der Waals surface area contributed by atoms with Gasteiger partial charge in [0.25, 0.3) is 0 Å². The maximum absolute atomic E-state index is 8.96. The highest BCUT2D eigenvalue weighted by atomic mass is 16.5. The van der Waals surface area contributed by atoms with Gasteiger partial charge in [0, 0.05) is 26.4 Å². The Kier molecular flexibility index (Phi) is 2.65. The summed E-state index contributed by atoms with van der Waals surface area (Å²) in [6, 6.07) is 3.73. The molecule has 0 saturated carbocycles.